The lowest BCUT2D eigenvalue weighted by Crippen LogP contribution is -2.29. The molecule has 1 aliphatic rings. The van der Waals surface area contributed by atoms with Gasteiger partial charge in [0, 0.05) is 5.02 Å². The van der Waals surface area contributed by atoms with Crippen LogP contribution in [0.25, 0.3) is 0 Å². The summed E-state index contributed by atoms with van der Waals surface area (Å²) in [5.74, 6) is -0.0405. The van der Waals surface area contributed by atoms with E-state index in [9.17, 15) is 4.79 Å². The zero-order chi connectivity index (χ0) is 9.97. The highest BCUT2D eigenvalue weighted by molar-refractivity contribution is 6.30. The summed E-state index contributed by atoms with van der Waals surface area (Å²) in [5.41, 5.74) is 1.05. The lowest BCUT2D eigenvalue weighted by molar-refractivity contribution is -0.117. The zero-order valence-electron chi connectivity index (χ0n) is 7.53. The molecule has 0 spiro atoms. The van der Waals surface area contributed by atoms with Gasteiger partial charge in [-0.15, -0.1) is 0 Å². The lowest BCUT2D eigenvalue weighted by atomic mass is 10.0. The van der Waals surface area contributed by atoms with Crippen LogP contribution in [0.5, 0.6) is 0 Å². The molecule has 0 aliphatic carbocycles. The summed E-state index contributed by atoms with van der Waals surface area (Å²) in [6, 6.07) is 7.63. The number of hydrogen-bond acceptors (Lipinski definition) is 1. The molecule has 1 heterocycles. The first kappa shape index (κ1) is 9.28. The minimum Gasteiger partial charge on any atom is -0.345 e. The monoisotopic (exact) mass is 207 g/mol. The molecule has 0 unspecified atom stereocenters. The van der Waals surface area contributed by atoms with Gasteiger partial charge >= 0.3 is 0 Å². The Morgan fingerprint density at radius 2 is 2.29 bits per heavy atom. The first-order valence-corrected chi connectivity index (χ1v) is 4.86. The number of benzene rings is 1. The minimum absolute atomic E-state index is 0.0405. The molecule has 2 nitrogen and oxygen atoms in total. The standard InChI is InChI=1S/C11H10ClNO/c12-9-4-1-3-8(7-9)10-5-2-6-11(14)13-10/h1-4,6-7,10H,5H2,(H,13,14)/t10-/m0/s1. The van der Waals surface area contributed by atoms with Crippen molar-refractivity contribution in [3.05, 3.63) is 47.0 Å². The van der Waals surface area contributed by atoms with Crippen molar-refractivity contribution in [1.29, 1.82) is 0 Å². The van der Waals surface area contributed by atoms with Crippen molar-refractivity contribution in [3.63, 3.8) is 0 Å². The largest absolute Gasteiger partial charge is 0.345 e. The normalized spacial score (nSPS) is 20.6. The maximum Gasteiger partial charge on any atom is 0.244 e. The van der Waals surface area contributed by atoms with Crippen LogP contribution in [0.1, 0.15) is 18.0 Å². The lowest BCUT2D eigenvalue weighted by Gasteiger charge is -2.19. The van der Waals surface area contributed by atoms with Gasteiger partial charge in [0.2, 0.25) is 5.91 Å². The first-order valence-electron chi connectivity index (χ1n) is 4.48. The fourth-order valence-corrected chi connectivity index (χ4v) is 1.73. The van der Waals surface area contributed by atoms with Gasteiger partial charge in [0.25, 0.3) is 0 Å². The topological polar surface area (TPSA) is 29.1 Å². The van der Waals surface area contributed by atoms with Crippen molar-refractivity contribution in [1.82, 2.24) is 5.32 Å². The summed E-state index contributed by atoms with van der Waals surface area (Å²) in [5, 5.41) is 3.58. The Bertz CT molecular complexity index is 387. The third-order valence-electron chi connectivity index (χ3n) is 2.21. The van der Waals surface area contributed by atoms with Gasteiger partial charge in [-0.2, -0.15) is 0 Å². The molecule has 1 aliphatic heterocycles. The van der Waals surface area contributed by atoms with E-state index in [0.717, 1.165) is 12.0 Å². The third kappa shape index (κ3) is 1.96. The predicted octanol–water partition coefficient (Wildman–Crippen LogP) is 2.46. The van der Waals surface area contributed by atoms with E-state index in [0.29, 0.717) is 5.02 Å². The number of hydrogen-bond donors (Lipinski definition) is 1. The van der Waals surface area contributed by atoms with Crippen LogP contribution in [0.15, 0.2) is 36.4 Å². The highest BCUT2D eigenvalue weighted by Crippen LogP contribution is 2.22. The maximum atomic E-state index is 11.1. The molecule has 1 atom stereocenters. The van der Waals surface area contributed by atoms with Gasteiger partial charge in [0.05, 0.1) is 6.04 Å². The highest BCUT2D eigenvalue weighted by Gasteiger charge is 2.15. The second kappa shape index (κ2) is 3.84. The Morgan fingerprint density at radius 3 is 3.00 bits per heavy atom. The third-order valence-corrected chi connectivity index (χ3v) is 2.44. The van der Waals surface area contributed by atoms with Crippen molar-refractivity contribution < 1.29 is 4.79 Å². The molecule has 0 bridgehead atoms. The number of halogens is 1. The van der Waals surface area contributed by atoms with Crippen molar-refractivity contribution in [2.45, 2.75) is 12.5 Å². The highest BCUT2D eigenvalue weighted by atomic mass is 35.5. The molecule has 1 amide bonds. The molecule has 1 aromatic carbocycles. The summed E-state index contributed by atoms with van der Waals surface area (Å²) < 4.78 is 0. The molecule has 0 radical (unpaired) electrons. The van der Waals surface area contributed by atoms with Crippen LogP contribution >= 0.6 is 11.6 Å². The van der Waals surface area contributed by atoms with E-state index < -0.39 is 0 Å². The Balaban J connectivity index is 2.23. The second-order valence-electron chi connectivity index (χ2n) is 3.25. The molecule has 1 N–H and O–H groups in total. The summed E-state index contributed by atoms with van der Waals surface area (Å²) >= 11 is 5.87. The van der Waals surface area contributed by atoms with Crippen LogP contribution in [0.4, 0.5) is 0 Å². The quantitative estimate of drug-likeness (QED) is 0.753. The molecule has 14 heavy (non-hydrogen) atoms. The van der Waals surface area contributed by atoms with Crippen molar-refractivity contribution in [2.24, 2.45) is 0 Å². The fourth-order valence-electron chi connectivity index (χ4n) is 1.53. The molecule has 72 valence electrons. The van der Waals surface area contributed by atoms with Gasteiger partial charge in [-0.25, -0.2) is 0 Å². The van der Waals surface area contributed by atoms with Gasteiger partial charge in [-0.3, -0.25) is 4.79 Å². The van der Waals surface area contributed by atoms with Gasteiger partial charge < -0.3 is 5.32 Å². The zero-order valence-corrected chi connectivity index (χ0v) is 8.29. The van der Waals surface area contributed by atoms with Crippen LogP contribution in [0.3, 0.4) is 0 Å². The fraction of sp³-hybridized carbons (Fsp3) is 0.182. The Hall–Kier alpha value is -1.28. The Labute approximate surface area is 87.6 Å². The number of nitrogens with one attached hydrogen (secondary N) is 1. The van der Waals surface area contributed by atoms with E-state index in [-0.39, 0.29) is 11.9 Å². The molecule has 2 rings (SSSR count). The first-order chi connectivity index (χ1) is 6.75. The van der Waals surface area contributed by atoms with E-state index in [2.05, 4.69) is 5.32 Å². The molecule has 0 aromatic heterocycles. The van der Waals surface area contributed by atoms with Crippen molar-refractivity contribution in [3.8, 4) is 0 Å². The Morgan fingerprint density at radius 1 is 1.43 bits per heavy atom. The molecular formula is C11H10ClNO. The minimum atomic E-state index is -0.0405. The van der Waals surface area contributed by atoms with E-state index in [1.165, 1.54) is 0 Å². The van der Waals surface area contributed by atoms with Crippen LogP contribution in [0, 0.1) is 0 Å². The van der Waals surface area contributed by atoms with Gasteiger partial charge in [0.1, 0.15) is 0 Å². The van der Waals surface area contributed by atoms with E-state index in [4.69, 9.17) is 11.6 Å². The van der Waals surface area contributed by atoms with Crippen LogP contribution in [-0.4, -0.2) is 5.91 Å². The molecule has 3 heteroatoms. The maximum absolute atomic E-state index is 11.1. The summed E-state index contributed by atoms with van der Waals surface area (Å²) in [6.07, 6.45) is 4.26. The number of rotatable bonds is 1. The number of carbonyl (C=O) groups is 1. The molecule has 0 fully saturated rings. The number of carbonyl (C=O) groups excluding carboxylic acids is 1. The predicted molar refractivity (Wildman–Crippen MR) is 56.1 cm³/mol. The second-order valence-corrected chi connectivity index (χ2v) is 3.69. The van der Waals surface area contributed by atoms with E-state index >= 15 is 0 Å². The summed E-state index contributed by atoms with van der Waals surface area (Å²) in [6.45, 7) is 0. The summed E-state index contributed by atoms with van der Waals surface area (Å²) in [7, 11) is 0. The van der Waals surface area contributed by atoms with E-state index in [1.807, 2.05) is 30.3 Å². The smallest absolute Gasteiger partial charge is 0.244 e. The molecule has 0 saturated heterocycles. The molecular weight excluding hydrogens is 198 g/mol. The molecule has 0 saturated carbocycles. The molecule has 1 aromatic rings. The van der Waals surface area contributed by atoms with Crippen LogP contribution in [-0.2, 0) is 4.79 Å². The summed E-state index contributed by atoms with van der Waals surface area (Å²) in [4.78, 5) is 11.1. The van der Waals surface area contributed by atoms with Crippen LogP contribution < -0.4 is 5.32 Å². The van der Waals surface area contributed by atoms with Crippen LogP contribution in [0.2, 0.25) is 5.02 Å². The van der Waals surface area contributed by atoms with Crippen molar-refractivity contribution >= 4 is 17.5 Å². The van der Waals surface area contributed by atoms with Gasteiger partial charge in [-0.05, 0) is 30.2 Å². The number of amides is 1. The van der Waals surface area contributed by atoms with Gasteiger partial charge in [0.15, 0.2) is 0 Å². The average molecular weight is 208 g/mol. The average Bonchev–Trinajstić information content (AvgIpc) is 2.18. The SMILES string of the molecule is O=C1C=CC[C@@H](c2cccc(Cl)c2)N1. The van der Waals surface area contributed by atoms with Crippen molar-refractivity contribution in [2.75, 3.05) is 0 Å². The van der Waals surface area contributed by atoms with Gasteiger partial charge in [-0.1, -0.05) is 29.8 Å². The Kier molecular flexibility index (Phi) is 2.55. The van der Waals surface area contributed by atoms with E-state index in [1.54, 1.807) is 6.08 Å².